The topological polar surface area (TPSA) is 57.4 Å². The smallest absolute Gasteiger partial charge is 0.276 e. The summed E-state index contributed by atoms with van der Waals surface area (Å²) in [6, 6.07) is 11.2. The van der Waals surface area contributed by atoms with Crippen molar-refractivity contribution in [2.45, 2.75) is 17.4 Å². The molecule has 0 aliphatic carbocycles. The molecule has 0 bridgehead atoms. The molecule has 0 N–H and O–H groups in total. The van der Waals surface area contributed by atoms with Gasteiger partial charge in [0.15, 0.2) is 11.5 Å². The number of hydrogen-bond donors (Lipinski definition) is 0. The second-order valence-electron chi connectivity index (χ2n) is 5.36. The van der Waals surface area contributed by atoms with E-state index < -0.39 is 0 Å². The number of hydrogen-bond acceptors (Lipinski definition) is 6. The quantitative estimate of drug-likeness (QED) is 0.494. The zero-order chi connectivity index (χ0) is 18.5. The van der Waals surface area contributed by atoms with Crippen molar-refractivity contribution in [3.05, 3.63) is 63.5 Å². The molecule has 0 aliphatic heterocycles. The van der Waals surface area contributed by atoms with Crippen LogP contribution < -0.4 is 9.47 Å². The van der Waals surface area contributed by atoms with Crippen molar-refractivity contribution >= 4 is 35.0 Å². The number of benzene rings is 2. The van der Waals surface area contributed by atoms with Crippen LogP contribution in [0, 0.1) is 0 Å². The van der Waals surface area contributed by atoms with E-state index in [1.165, 1.54) is 11.8 Å². The molecule has 8 heteroatoms. The van der Waals surface area contributed by atoms with Crippen LogP contribution in [0.25, 0.3) is 0 Å². The van der Waals surface area contributed by atoms with Crippen LogP contribution in [0.3, 0.4) is 0 Å². The summed E-state index contributed by atoms with van der Waals surface area (Å²) in [4.78, 5) is 0. The molecule has 0 saturated carbocycles. The van der Waals surface area contributed by atoms with Gasteiger partial charge in [-0.25, -0.2) is 0 Å². The second-order valence-corrected chi connectivity index (χ2v) is 7.11. The summed E-state index contributed by atoms with van der Waals surface area (Å²) in [6.07, 6.45) is 0.515. The highest BCUT2D eigenvalue weighted by Gasteiger charge is 2.11. The minimum Gasteiger partial charge on any atom is -0.493 e. The standard InChI is InChI=1S/C18H16Cl2N2O3S/c1-23-15-6-4-11(8-16(15)24-2)9-17-21-22-18(25-17)26-10-12-3-5-13(19)14(20)7-12/h3-8H,9-10H2,1-2H3. The van der Waals surface area contributed by atoms with E-state index in [9.17, 15) is 0 Å². The van der Waals surface area contributed by atoms with E-state index in [0.29, 0.717) is 44.8 Å². The van der Waals surface area contributed by atoms with E-state index in [4.69, 9.17) is 37.1 Å². The summed E-state index contributed by atoms with van der Waals surface area (Å²) in [5, 5.41) is 9.75. The van der Waals surface area contributed by atoms with E-state index in [1.807, 2.05) is 30.3 Å². The molecule has 5 nitrogen and oxygen atoms in total. The van der Waals surface area contributed by atoms with Crippen LogP contribution in [-0.4, -0.2) is 24.4 Å². The summed E-state index contributed by atoms with van der Waals surface area (Å²) >= 11 is 13.4. The number of ether oxygens (including phenoxy) is 2. The van der Waals surface area contributed by atoms with Gasteiger partial charge in [-0.2, -0.15) is 0 Å². The van der Waals surface area contributed by atoms with Crippen LogP contribution in [-0.2, 0) is 12.2 Å². The molecule has 1 heterocycles. The van der Waals surface area contributed by atoms with Crippen molar-refractivity contribution in [2.24, 2.45) is 0 Å². The van der Waals surface area contributed by atoms with Crippen LogP contribution in [0.4, 0.5) is 0 Å². The number of rotatable bonds is 7. The van der Waals surface area contributed by atoms with Crippen molar-refractivity contribution in [3.63, 3.8) is 0 Å². The first-order valence-electron chi connectivity index (χ1n) is 7.69. The molecule has 0 fully saturated rings. The third kappa shape index (κ3) is 4.63. The first-order chi connectivity index (χ1) is 12.6. The van der Waals surface area contributed by atoms with Gasteiger partial charge in [0.25, 0.3) is 5.22 Å². The zero-order valence-electron chi connectivity index (χ0n) is 14.2. The number of methoxy groups -OCH3 is 2. The Morgan fingerprint density at radius 1 is 0.923 bits per heavy atom. The fraction of sp³-hybridized carbons (Fsp3) is 0.222. The average molecular weight is 411 g/mol. The van der Waals surface area contributed by atoms with Gasteiger partial charge in [0.1, 0.15) is 0 Å². The van der Waals surface area contributed by atoms with Gasteiger partial charge < -0.3 is 13.9 Å². The van der Waals surface area contributed by atoms with E-state index in [1.54, 1.807) is 20.3 Å². The molecular formula is C18H16Cl2N2O3S. The van der Waals surface area contributed by atoms with Crippen molar-refractivity contribution in [3.8, 4) is 11.5 Å². The molecule has 0 spiro atoms. The monoisotopic (exact) mass is 410 g/mol. The maximum atomic E-state index is 6.02. The van der Waals surface area contributed by atoms with E-state index in [2.05, 4.69) is 10.2 Å². The summed E-state index contributed by atoms with van der Waals surface area (Å²) in [5.74, 6) is 2.54. The fourth-order valence-corrected chi connectivity index (χ4v) is 3.35. The van der Waals surface area contributed by atoms with Crippen LogP contribution in [0.2, 0.25) is 10.0 Å². The van der Waals surface area contributed by atoms with Gasteiger partial charge in [0.05, 0.1) is 30.7 Å². The van der Waals surface area contributed by atoms with E-state index in [-0.39, 0.29) is 0 Å². The normalized spacial score (nSPS) is 10.8. The lowest BCUT2D eigenvalue weighted by Crippen LogP contribution is -1.94. The number of aromatic nitrogens is 2. The highest BCUT2D eigenvalue weighted by atomic mass is 35.5. The zero-order valence-corrected chi connectivity index (χ0v) is 16.5. The first kappa shape index (κ1) is 18.9. The Balaban J connectivity index is 1.63. The lowest BCUT2D eigenvalue weighted by molar-refractivity contribution is 0.354. The number of thioether (sulfide) groups is 1. The van der Waals surface area contributed by atoms with Crippen molar-refractivity contribution < 1.29 is 13.9 Å². The summed E-state index contributed by atoms with van der Waals surface area (Å²) in [5.41, 5.74) is 2.02. The summed E-state index contributed by atoms with van der Waals surface area (Å²) < 4.78 is 16.3. The predicted molar refractivity (Wildman–Crippen MR) is 103 cm³/mol. The minimum atomic E-state index is 0.506. The molecular weight excluding hydrogens is 395 g/mol. The van der Waals surface area contributed by atoms with Gasteiger partial charge in [-0.3, -0.25) is 0 Å². The molecule has 136 valence electrons. The first-order valence-corrected chi connectivity index (χ1v) is 9.43. The number of nitrogens with zero attached hydrogens (tertiary/aromatic N) is 2. The largest absolute Gasteiger partial charge is 0.493 e. The van der Waals surface area contributed by atoms with Crippen molar-refractivity contribution in [1.82, 2.24) is 10.2 Å². The van der Waals surface area contributed by atoms with Crippen LogP contribution in [0.5, 0.6) is 11.5 Å². The Hall–Kier alpha value is -1.89. The molecule has 1 aromatic heterocycles. The molecule has 3 aromatic rings. The van der Waals surface area contributed by atoms with Gasteiger partial charge in [0.2, 0.25) is 5.89 Å². The lowest BCUT2D eigenvalue weighted by Gasteiger charge is -2.08. The maximum absolute atomic E-state index is 6.02. The highest BCUT2D eigenvalue weighted by Crippen LogP contribution is 2.30. The van der Waals surface area contributed by atoms with Crippen LogP contribution in [0.1, 0.15) is 17.0 Å². The maximum Gasteiger partial charge on any atom is 0.276 e. The molecule has 2 aromatic carbocycles. The lowest BCUT2D eigenvalue weighted by atomic mass is 10.1. The van der Waals surface area contributed by atoms with Gasteiger partial charge in [-0.15, -0.1) is 10.2 Å². The minimum absolute atomic E-state index is 0.506. The van der Waals surface area contributed by atoms with E-state index in [0.717, 1.165) is 11.1 Å². The van der Waals surface area contributed by atoms with Gasteiger partial charge in [0, 0.05) is 5.75 Å². The van der Waals surface area contributed by atoms with Crippen LogP contribution in [0.15, 0.2) is 46.0 Å². The van der Waals surface area contributed by atoms with Crippen molar-refractivity contribution in [2.75, 3.05) is 14.2 Å². The average Bonchev–Trinajstić information content (AvgIpc) is 3.10. The van der Waals surface area contributed by atoms with Crippen LogP contribution >= 0.6 is 35.0 Å². The molecule has 0 unspecified atom stereocenters. The molecule has 26 heavy (non-hydrogen) atoms. The highest BCUT2D eigenvalue weighted by molar-refractivity contribution is 7.98. The molecule has 0 atom stereocenters. The summed E-state index contributed by atoms with van der Waals surface area (Å²) in [7, 11) is 3.21. The number of halogens is 2. The van der Waals surface area contributed by atoms with Gasteiger partial charge in [-0.05, 0) is 35.4 Å². The predicted octanol–water partition coefficient (Wildman–Crippen LogP) is 5.28. The van der Waals surface area contributed by atoms with Crippen molar-refractivity contribution in [1.29, 1.82) is 0 Å². The Labute approximate surface area is 165 Å². The van der Waals surface area contributed by atoms with E-state index >= 15 is 0 Å². The Kier molecular flexibility index (Phi) is 6.29. The third-order valence-corrected chi connectivity index (χ3v) is 5.23. The Bertz CT molecular complexity index is 902. The molecule has 0 radical (unpaired) electrons. The van der Waals surface area contributed by atoms with Gasteiger partial charge in [-0.1, -0.05) is 47.1 Å². The van der Waals surface area contributed by atoms with Gasteiger partial charge >= 0.3 is 0 Å². The second kappa shape index (κ2) is 8.66. The SMILES string of the molecule is COc1ccc(Cc2nnc(SCc3ccc(Cl)c(Cl)c3)o2)cc1OC. The molecule has 0 amide bonds. The molecule has 0 saturated heterocycles. The fourth-order valence-electron chi connectivity index (χ4n) is 2.31. The Morgan fingerprint density at radius 3 is 2.42 bits per heavy atom. The summed E-state index contributed by atoms with van der Waals surface area (Å²) in [6.45, 7) is 0. The Morgan fingerprint density at radius 2 is 1.69 bits per heavy atom. The third-order valence-electron chi connectivity index (χ3n) is 3.60. The molecule has 3 rings (SSSR count). The molecule has 0 aliphatic rings.